The van der Waals surface area contributed by atoms with Crippen LogP contribution < -0.4 is 5.32 Å². The third kappa shape index (κ3) is 5.30. The average molecular weight is 470 g/mol. The van der Waals surface area contributed by atoms with E-state index >= 15 is 0 Å². The van der Waals surface area contributed by atoms with E-state index in [2.05, 4.69) is 15.3 Å². The van der Waals surface area contributed by atoms with Crippen LogP contribution in [0.4, 0.5) is 13.2 Å². The minimum Gasteiger partial charge on any atom is -0.346 e. The molecule has 1 aliphatic heterocycles. The number of aromatic nitrogens is 2. The fraction of sp³-hybridized carbons (Fsp3) is 0.320. The van der Waals surface area contributed by atoms with Gasteiger partial charge in [0, 0.05) is 19.5 Å². The maximum Gasteiger partial charge on any atom is 0.416 e. The van der Waals surface area contributed by atoms with Crippen LogP contribution in [-0.4, -0.2) is 33.2 Å². The number of hydrogen-bond acceptors (Lipinski definition) is 3. The van der Waals surface area contributed by atoms with Crippen LogP contribution in [0.5, 0.6) is 0 Å². The fourth-order valence-corrected chi connectivity index (χ4v) is 4.10. The highest BCUT2D eigenvalue weighted by atomic mass is 19.4. The molecule has 2 amide bonds. The zero-order valence-corrected chi connectivity index (χ0v) is 18.6. The van der Waals surface area contributed by atoms with E-state index in [9.17, 15) is 22.8 Å². The summed E-state index contributed by atoms with van der Waals surface area (Å²) in [5, 5.41) is 2.96. The average Bonchev–Trinajstić information content (AvgIpc) is 3.45. The number of H-pyrrole nitrogens is 1. The Morgan fingerprint density at radius 1 is 1.21 bits per heavy atom. The number of imidazole rings is 1. The molecule has 9 heteroatoms. The Hall–Kier alpha value is -3.62. The lowest BCUT2D eigenvalue weighted by Crippen LogP contribution is -2.35. The van der Waals surface area contributed by atoms with Crippen LogP contribution in [-0.2, 0) is 22.3 Å². The second-order valence-corrected chi connectivity index (χ2v) is 8.39. The molecular formula is C25H25F3N4O2. The molecule has 6 nitrogen and oxygen atoms in total. The van der Waals surface area contributed by atoms with Gasteiger partial charge in [-0.2, -0.15) is 13.2 Å². The lowest BCUT2D eigenvalue weighted by molar-refractivity contribution is -0.137. The van der Waals surface area contributed by atoms with Crippen LogP contribution in [0.2, 0.25) is 0 Å². The summed E-state index contributed by atoms with van der Waals surface area (Å²) in [5.41, 5.74) is 1.44. The lowest BCUT2D eigenvalue weighted by Gasteiger charge is -2.19. The Morgan fingerprint density at radius 3 is 2.68 bits per heavy atom. The Balaban J connectivity index is 1.39. The number of carbonyl (C=O) groups excluding carboxylic acids is 2. The van der Waals surface area contributed by atoms with E-state index in [1.165, 1.54) is 11.0 Å². The zero-order valence-electron chi connectivity index (χ0n) is 18.6. The third-order valence-corrected chi connectivity index (χ3v) is 5.95. The van der Waals surface area contributed by atoms with Gasteiger partial charge in [0.2, 0.25) is 11.8 Å². The van der Waals surface area contributed by atoms with Crippen molar-refractivity contribution in [3.05, 3.63) is 77.7 Å². The zero-order chi connectivity index (χ0) is 24.3. The molecule has 2 aromatic carbocycles. The summed E-state index contributed by atoms with van der Waals surface area (Å²) < 4.78 is 38.9. The van der Waals surface area contributed by atoms with Crippen molar-refractivity contribution in [2.24, 2.45) is 5.92 Å². The van der Waals surface area contributed by atoms with Gasteiger partial charge in [0.05, 0.1) is 29.4 Å². The fourth-order valence-electron chi connectivity index (χ4n) is 4.10. The maximum atomic E-state index is 13.0. The van der Waals surface area contributed by atoms with E-state index in [0.29, 0.717) is 17.8 Å². The predicted octanol–water partition coefficient (Wildman–Crippen LogP) is 4.71. The molecule has 34 heavy (non-hydrogen) atoms. The van der Waals surface area contributed by atoms with Crippen LogP contribution in [0.1, 0.15) is 42.8 Å². The number of rotatable bonds is 7. The topological polar surface area (TPSA) is 78.1 Å². The highest BCUT2D eigenvalue weighted by molar-refractivity contribution is 5.89. The number of aromatic amines is 1. The molecule has 2 N–H and O–H groups in total. The SMILES string of the molecule is CCC(NC(=O)C1CC(=O)N(Cc2cccc(C(F)(F)F)c2)C1)c1ncc(-c2ccccc2)[nH]1. The summed E-state index contributed by atoms with van der Waals surface area (Å²) in [6, 6.07) is 14.2. The molecule has 0 aliphatic carbocycles. The molecule has 0 spiro atoms. The quantitative estimate of drug-likeness (QED) is 0.525. The van der Waals surface area contributed by atoms with Gasteiger partial charge in [-0.15, -0.1) is 0 Å². The monoisotopic (exact) mass is 470 g/mol. The predicted molar refractivity (Wildman–Crippen MR) is 120 cm³/mol. The van der Waals surface area contributed by atoms with Gasteiger partial charge in [-0.3, -0.25) is 9.59 Å². The Bertz CT molecular complexity index is 1160. The first-order valence-corrected chi connectivity index (χ1v) is 11.1. The van der Waals surface area contributed by atoms with Crippen molar-refractivity contribution in [1.82, 2.24) is 20.2 Å². The first kappa shape index (κ1) is 23.5. The van der Waals surface area contributed by atoms with E-state index in [4.69, 9.17) is 0 Å². The van der Waals surface area contributed by atoms with Crippen LogP contribution in [0.25, 0.3) is 11.3 Å². The molecule has 1 aromatic heterocycles. The van der Waals surface area contributed by atoms with Crippen LogP contribution >= 0.6 is 0 Å². The first-order chi connectivity index (χ1) is 16.2. The number of amides is 2. The number of benzene rings is 2. The first-order valence-electron chi connectivity index (χ1n) is 11.1. The summed E-state index contributed by atoms with van der Waals surface area (Å²) in [7, 11) is 0. The minimum absolute atomic E-state index is 0.0225. The van der Waals surface area contributed by atoms with Gasteiger partial charge in [-0.1, -0.05) is 49.4 Å². The van der Waals surface area contributed by atoms with Gasteiger partial charge in [0.15, 0.2) is 0 Å². The van der Waals surface area contributed by atoms with Crippen LogP contribution in [0.15, 0.2) is 60.8 Å². The Morgan fingerprint density at radius 2 is 1.97 bits per heavy atom. The van der Waals surface area contributed by atoms with Gasteiger partial charge < -0.3 is 15.2 Å². The van der Waals surface area contributed by atoms with E-state index in [0.717, 1.165) is 23.4 Å². The molecule has 2 unspecified atom stereocenters. The normalized spacial score (nSPS) is 17.1. The number of nitrogens with one attached hydrogen (secondary N) is 2. The largest absolute Gasteiger partial charge is 0.416 e. The van der Waals surface area contributed by atoms with Crippen molar-refractivity contribution in [2.45, 2.75) is 38.5 Å². The summed E-state index contributed by atoms with van der Waals surface area (Å²) >= 11 is 0. The van der Waals surface area contributed by atoms with Gasteiger partial charge in [0.25, 0.3) is 0 Å². The molecule has 178 valence electrons. The molecular weight excluding hydrogens is 445 g/mol. The van der Waals surface area contributed by atoms with E-state index in [1.54, 1.807) is 12.3 Å². The number of alkyl halides is 3. The standard InChI is InChI=1S/C25H25F3N4O2/c1-2-20(23-29-13-21(30-23)17-8-4-3-5-9-17)31-24(34)18-12-22(33)32(15-18)14-16-7-6-10-19(11-16)25(26,27)28/h3-11,13,18,20H,2,12,14-15H2,1H3,(H,29,30)(H,31,34). The second kappa shape index (κ2) is 9.70. The number of hydrogen-bond donors (Lipinski definition) is 2. The number of carbonyl (C=O) groups is 2. The van der Waals surface area contributed by atoms with Crippen molar-refractivity contribution in [2.75, 3.05) is 6.54 Å². The molecule has 2 heterocycles. The van der Waals surface area contributed by atoms with Crippen molar-refractivity contribution in [3.63, 3.8) is 0 Å². The number of halogens is 3. The number of likely N-dealkylation sites (tertiary alicyclic amines) is 1. The van der Waals surface area contributed by atoms with Crippen molar-refractivity contribution in [1.29, 1.82) is 0 Å². The molecule has 3 aromatic rings. The second-order valence-electron chi connectivity index (χ2n) is 8.39. The third-order valence-electron chi connectivity index (χ3n) is 5.95. The Kier molecular flexibility index (Phi) is 6.72. The molecule has 0 radical (unpaired) electrons. The lowest BCUT2D eigenvalue weighted by atomic mass is 10.1. The summed E-state index contributed by atoms with van der Waals surface area (Å²) in [6.07, 6.45) is -2.11. The molecule has 4 rings (SSSR count). The number of nitrogens with zero attached hydrogens (tertiary/aromatic N) is 2. The van der Waals surface area contributed by atoms with Gasteiger partial charge >= 0.3 is 6.18 Å². The van der Waals surface area contributed by atoms with Gasteiger partial charge in [0.1, 0.15) is 5.82 Å². The smallest absolute Gasteiger partial charge is 0.346 e. The van der Waals surface area contributed by atoms with E-state index in [1.807, 2.05) is 37.3 Å². The van der Waals surface area contributed by atoms with Crippen molar-refractivity contribution < 1.29 is 22.8 Å². The van der Waals surface area contributed by atoms with Gasteiger partial charge in [-0.25, -0.2) is 4.98 Å². The molecule has 1 saturated heterocycles. The highest BCUT2D eigenvalue weighted by Crippen LogP contribution is 2.30. The summed E-state index contributed by atoms with van der Waals surface area (Å²) in [5.74, 6) is -0.477. The molecule has 0 bridgehead atoms. The minimum atomic E-state index is -4.45. The molecule has 1 fully saturated rings. The van der Waals surface area contributed by atoms with Gasteiger partial charge in [-0.05, 0) is 29.7 Å². The molecule has 1 aliphatic rings. The summed E-state index contributed by atoms with van der Waals surface area (Å²) in [6.45, 7) is 2.11. The van der Waals surface area contributed by atoms with Crippen LogP contribution in [0, 0.1) is 5.92 Å². The molecule has 2 atom stereocenters. The van der Waals surface area contributed by atoms with Crippen LogP contribution in [0.3, 0.4) is 0 Å². The van der Waals surface area contributed by atoms with Crippen molar-refractivity contribution in [3.8, 4) is 11.3 Å². The molecule has 0 saturated carbocycles. The van der Waals surface area contributed by atoms with Crippen molar-refractivity contribution >= 4 is 11.8 Å². The van der Waals surface area contributed by atoms with E-state index in [-0.39, 0.29) is 37.4 Å². The summed E-state index contributed by atoms with van der Waals surface area (Å²) in [4.78, 5) is 34.5. The highest BCUT2D eigenvalue weighted by Gasteiger charge is 2.36. The van der Waals surface area contributed by atoms with E-state index < -0.39 is 17.7 Å². The maximum absolute atomic E-state index is 13.0. The Labute approximate surface area is 195 Å².